The van der Waals surface area contributed by atoms with Crippen molar-refractivity contribution in [3.05, 3.63) is 59.7 Å². The molecule has 1 unspecified atom stereocenters. The summed E-state index contributed by atoms with van der Waals surface area (Å²) < 4.78 is 5.34. The van der Waals surface area contributed by atoms with Crippen molar-refractivity contribution in [2.75, 3.05) is 6.61 Å². The molecule has 22 heavy (non-hydrogen) atoms. The van der Waals surface area contributed by atoms with Gasteiger partial charge in [0.25, 0.3) is 0 Å². The van der Waals surface area contributed by atoms with Crippen LogP contribution in [0.1, 0.15) is 24.0 Å². The van der Waals surface area contributed by atoms with Crippen LogP contribution >= 0.6 is 0 Å². The number of rotatable bonds is 4. The molecule has 0 radical (unpaired) electrons. The number of benzene rings is 2. The van der Waals surface area contributed by atoms with E-state index in [9.17, 15) is 9.90 Å². The van der Waals surface area contributed by atoms with Crippen molar-refractivity contribution in [1.29, 1.82) is 0 Å². The fourth-order valence-electron chi connectivity index (χ4n) is 2.90. The Balaban J connectivity index is 1.84. The number of aliphatic hydroxyl groups is 1. The third-order valence-corrected chi connectivity index (χ3v) is 4.15. The zero-order chi connectivity index (χ0) is 15.7. The van der Waals surface area contributed by atoms with Crippen LogP contribution in [0.4, 0.5) is 0 Å². The van der Waals surface area contributed by atoms with Gasteiger partial charge in [0, 0.05) is 5.92 Å². The van der Waals surface area contributed by atoms with Crippen LogP contribution in [0.5, 0.6) is 0 Å². The normalized spacial score (nSPS) is 15.8. The molecule has 0 aromatic heterocycles. The highest BCUT2D eigenvalue weighted by Gasteiger charge is 2.30. The summed E-state index contributed by atoms with van der Waals surface area (Å²) in [6, 6.07) is 15.3. The first-order chi connectivity index (χ1) is 10.6. The molecule has 0 saturated carbocycles. The minimum absolute atomic E-state index is 0.0116. The molecule has 0 bridgehead atoms. The third kappa shape index (κ3) is 2.51. The molecular weight excluding hydrogens is 278 g/mol. The summed E-state index contributed by atoms with van der Waals surface area (Å²) in [6.07, 6.45) is -0.921. The Labute approximate surface area is 129 Å². The Morgan fingerprint density at radius 2 is 1.64 bits per heavy atom. The number of carbonyl (C=O) groups excluding carboxylic acids is 1. The van der Waals surface area contributed by atoms with E-state index < -0.39 is 18.1 Å². The van der Waals surface area contributed by atoms with E-state index in [0.29, 0.717) is 0 Å². The summed E-state index contributed by atoms with van der Waals surface area (Å²) in [5.41, 5.74) is 10.3. The average Bonchev–Trinajstić information content (AvgIpc) is 2.86. The van der Waals surface area contributed by atoms with Gasteiger partial charge < -0.3 is 15.6 Å². The van der Waals surface area contributed by atoms with Crippen molar-refractivity contribution in [3.8, 4) is 11.1 Å². The SMILES string of the molecule is CC(O)[C@@H](N)C(=O)OCC1c2ccccc2-c2ccccc21. The standard InChI is InChI=1S/C18H19NO3/c1-11(20)17(19)18(21)22-10-16-14-8-4-2-6-12(14)13-7-3-5-9-15(13)16/h2-9,11,16-17,20H,10,19H2,1H3/t11?,17-/m1/s1. The van der Waals surface area contributed by atoms with E-state index in [1.165, 1.54) is 18.1 Å². The number of nitrogens with two attached hydrogens (primary N) is 1. The smallest absolute Gasteiger partial charge is 0.325 e. The zero-order valence-corrected chi connectivity index (χ0v) is 12.4. The first-order valence-corrected chi connectivity index (χ1v) is 7.38. The molecule has 2 aromatic carbocycles. The lowest BCUT2D eigenvalue weighted by Crippen LogP contribution is -2.41. The summed E-state index contributed by atoms with van der Waals surface area (Å²) in [4.78, 5) is 11.9. The Morgan fingerprint density at radius 3 is 2.14 bits per heavy atom. The topological polar surface area (TPSA) is 72.5 Å². The maximum Gasteiger partial charge on any atom is 0.325 e. The molecule has 114 valence electrons. The van der Waals surface area contributed by atoms with Crippen LogP contribution in [0.2, 0.25) is 0 Å². The molecule has 4 heteroatoms. The molecule has 0 heterocycles. The van der Waals surface area contributed by atoms with Crippen LogP contribution in [-0.4, -0.2) is 29.8 Å². The maximum absolute atomic E-state index is 11.9. The lowest BCUT2D eigenvalue weighted by molar-refractivity contribution is -0.147. The van der Waals surface area contributed by atoms with E-state index in [2.05, 4.69) is 24.3 Å². The number of esters is 1. The van der Waals surface area contributed by atoms with Crippen molar-refractivity contribution in [1.82, 2.24) is 0 Å². The Morgan fingerprint density at radius 1 is 1.14 bits per heavy atom. The molecule has 4 nitrogen and oxygen atoms in total. The molecule has 1 aliphatic rings. The van der Waals surface area contributed by atoms with E-state index in [1.54, 1.807) is 0 Å². The predicted molar refractivity (Wildman–Crippen MR) is 84.3 cm³/mol. The second-order valence-corrected chi connectivity index (χ2v) is 5.62. The first-order valence-electron chi connectivity index (χ1n) is 7.38. The van der Waals surface area contributed by atoms with Gasteiger partial charge in [0.15, 0.2) is 0 Å². The summed E-state index contributed by atoms with van der Waals surface area (Å²) in [5.74, 6) is -0.561. The number of fused-ring (bicyclic) bond motifs is 3. The van der Waals surface area contributed by atoms with Gasteiger partial charge in [-0.1, -0.05) is 48.5 Å². The van der Waals surface area contributed by atoms with Crippen molar-refractivity contribution in [2.24, 2.45) is 5.73 Å². The van der Waals surface area contributed by atoms with Crippen LogP contribution < -0.4 is 5.73 Å². The molecule has 0 amide bonds. The van der Waals surface area contributed by atoms with E-state index in [4.69, 9.17) is 10.5 Å². The molecule has 3 N–H and O–H groups in total. The molecule has 0 spiro atoms. The van der Waals surface area contributed by atoms with Crippen molar-refractivity contribution in [2.45, 2.75) is 25.0 Å². The first kappa shape index (κ1) is 14.8. The second-order valence-electron chi connectivity index (χ2n) is 5.62. The quantitative estimate of drug-likeness (QED) is 0.847. The highest BCUT2D eigenvalue weighted by molar-refractivity contribution is 5.79. The van der Waals surface area contributed by atoms with Crippen LogP contribution in [-0.2, 0) is 9.53 Å². The number of ether oxygens (including phenoxy) is 1. The van der Waals surface area contributed by atoms with Crippen molar-refractivity contribution >= 4 is 5.97 Å². The van der Waals surface area contributed by atoms with Gasteiger partial charge in [0.1, 0.15) is 12.6 Å². The average molecular weight is 297 g/mol. The fraction of sp³-hybridized carbons (Fsp3) is 0.278. The molecule has 3 rings (SSSR count). The molecule has 1 aliphatic carbocycles. The number of aliphatic hydroxyl groups excluding tert-OH is 1. The molecule has 0 aliphatic heterocycles. The van der Waals surface area contributed by atoms with E-state index in [1.807, 2.05) is 24.3 Å². The highest BCUT2D eigenvalue weighted by atomic mass is 16.5. The summed E-state index contributed by atoms with van der Waals surface area (Å²) in [6.45, 7) is 1.71. The van der Waals surface area contributed by atoms with E-state index in [-0.39, 0.29) is 12.5 Å². The minimum atomic E-state index is -1.01. The fourth-order valence-corrected chi connectivity index (χ4v) is 2.90. The van der Waals surface area contributed by atoms with Crippen LogP contribution in [0.15, 0.2) is 48.5 Å². The van der Waals surface area contributed by atoms with E-state index >= 15 is 0 Å². The Hall–Kier alpha value is -2.17. The summed E-state index contributed by atoms with van der Waals surface area (Å²) >= 11 is 0. The number of hydrogen-bond donors (Lipinski definition) is 2. The Bertz CT molecular complexity index is 651. The summed E-state index contributed by atoms with van der Waals surface area (Å²) in [5, 5.41) is 9.37. The second kappa shape index (κ2) is 5.91. The van der Waals surface area contributed by atoms with Gasteiger partial charge in [-0.25, -0.2) is 0 Å². The van der Waals surface area contributed by atoms with Crippen LogP contribution in [0.3, 0.4) is 0 Å². The maximum atomic E-state index is 11.9. The number of hydrogen-bond acceptors (Lipinski definition) is 4. The molecule has 0 saturated heterocycles. The van der Waals surface area contributed by atoms with Crippen LogP contribution in [0, 0.1) is 0 Å². The molecular formula is C18H19NO3. The largest absolute Gasteiger partial charge is 0.463 e. The van der Waals surface area contributed by atoms with Gasteiger partial charge in [0.05, 0.1) is 6.10 Å². The van der Waals surface area contributed by atoms with Gasteiger partial charge in [-0.05, 0) is 29.2 Å². The number of carbonyl (C=O) groups is 1. The van der Waals surface area contributed by atoms with Gasteiger partial charge in [0.2, 0.25) is 0 Å². The lowest BCUT2D eigenvalue weighted by atomic mass is 9.98. The monoisotopic (exact) mass is 297 g/mol. The molecule has 2 atom stereocenters. The van der Waals surface area contributed by atoms with Gasteiger partial charge in [-0.15, -0.1) is 0 Å². The van der Waals surface area contributed by atoms with Crippen molar-refractivity contribution < 1.29 is 14.6 Å². The molecule has 0 fully saturated rings. The van der Waals surface area contributed by atoms with Gasteiger partial charge in [-0.2, -0.15) is 0 Å². The van der Waals surface area contributed by atoms with E-state index in [0.717, 1.165) is 11.1 Å². The lowest BCUT2D eigenvalue weighted by Gasteiger charge is -2.17. The summed E-state index contributed by atoms with van der Waals surface area (Å²) in [7, 11) is 0. The van der Waals surface area contributed by atoms with Crippen molar-refractivity contribution in [3.63, 3.8) is 0 Å². The van der Waals surface area contributed by atoms with Gasteiger partial charge in [-0.3, -0.25) is 4.79 Å². The Kier molecular flexibility index (Phi) is 3.96. The minimum Gasteiger partial charge on any atom is -0.463 e. The third-order valence-electron chi connectivity index (χ3n) is 4.15. The highest BCUT2D eigenvalue weighted by Crippen LogP contribution is 2.44. The van der Waals surface area contributed by atoms with Crippen LogP contribution in [0.25, 0.3) is 11.1 Å². The predicted octanol–water partition coefficient (Wildman–Crippen LogP) is 2.05. The zero-order valence-electron chi connectivity index (χ0n) is 12.4. The molecule has 2 aromatic rings. The van der Waals surface area contributed by atoms with Gasteiger partial charge >= 0.3 is 5.97 Å².